The van der Waals surface area contributed by atoms with Crippen molar-refractivity contribution < 1.29 is 4.79 Å². The Balaban J connectivity index is 1.63. The number of hydrogen-bond donors (Lipinski definition) is 0. The molecule has 0 radical (unpaired) electrons. The van der Waals surface area contributed by atoms with Crippen LogP contribution in [-0.2, 0) is 4.79 Å². The van der Waals surface area contributed by atoms with Crippen molar-refractivity contribution in [2.45, 2.75) is 39.0 Å². The van der Waals surface area contributed by atoms with Gasteiger partial charge in [0.1, 0.15) is 0 Å². The van der Waals surface area contributed by atoms with Gasteiger partial charge in [0.05, 0.1) is 21.2 Å². The van der Waals surface area contributed by atoms with Crippen molar-refractivity contribution in [1.29, 1.82) is 0 Å². The van der Waals surface area contributed by atoms with Gasteiger partial charge in [-0.05, 0) is 39.0 Å². The van der Waals surface area contributed by atoms with Crippen molar-refractivity contribution in [2.75, 3.05) is 18.1 Å². The fourth-order valence-corrected chi connectivity index (χ4v) is 4.16. The van der Waals surface area contributed by atoms with Gasteiger partial charge in [-0.25, -0.2) is 4.98 Å². The van der Waals surface area contributed by atoms with E-state index >= 15 is 0 Å². The third kappa shape index (κ3) is 2.72. The number of carbonyl (C=O) groups excluding carboxylic acids is 1. The second kappa shape index (κ2) is 5.92. The minimum absolute atomic E-state index is 0.0563. The maximum atomic E-state index is 12.8. The highest BCUT2D eigenvalue weighted by atomic mass is 32.1. The highest BCUT2D eigenvalue weighted by Crippen LogP contribution is 2.24. The Labute approximate surface area is 139 Å². The number of piperidine rings is 1. The monoisotopic (exact) mass is 328 g/mol. The molecule has 5 nitrogen and oxygen atoms in total. The molecule has 23 heavy (non-hydrogen) atoms. The van der Waals surface area contributed by atoms with Gasteiger partial charge >= 0.3 is 0 Å². The summed E-state index contributed by atoms with van der Waals surface area (Å²) in [6.07, 6.45) is 12.1. The predicted molar refractivity (Wildman–Crippen MR) is 93.6 cm³/mol. The van der Waals surface area contributed by atoms with E-state index in [1.807, 2.05) is 13.1 Å². The van der Waals surface area contributed by atoms with Crippen LogP contribution in [-0.4, -0.2) is 34.6 Å². The Hall–Kier alpha value is -1.95. The highest BCUT2D eigenvalue weighted by molar-refractivity contribution is 7.13. The van der Waals surface area contributed by atoms with Crippen molar-refractivity contribution in [3.05, 3.63) is 21.7 Å². The van der Waals surface area contributed by atoms with Gasteiger partial charge in [0.15, 0.2) is 0 Å². The summed E-state index contributed by atoms with van der Waals surface area (Å²) in [5, 5.41) is 7.59. The average Bonchev–Trinajstić information content (AvgIpc) is 3.12. The summed E-state index contributed by atoms with van der Waals surface area (Å²) in [7, 11) is 0. The van der Waals surface area contributed by atoms with E-state index in [1.165, 1.54) is 24.3 Å². The summed E-state index contributed by atoms with van der Waals surface area (Å²) in [6, 6.07) is 0. The minimum atomic E-state index is -0.0563. The van der Waals surface area contributed by atoms with Gasteiger partial charge in [0, 0.05) is 19.3 Å². The van der Waals surface area contributed by atoms with Crippen LogP contribution in [0.3, 0.4) is 0 Å². The summed E-state index contributed by atoms with van der Waals surface area (Å²) in [5.74, 6) is -0.0563. The molecule has 1 saturated heterocycles. The normalized spacial score (nSPS) is 22.7. The van der Waals surface area contributed by atoms with E-state index in [4.69, 9.17) is 0 Å². The molecule has 0 aromatic carbocycles. The molecule has 3 heterocycles. The third-order valence-corrected chi connectivity index (χ3v) is 5.49. The Bertz CT molecular complexity index is 781. The van der Waals surface area contributed by atoms with Crippen molar-refractivity contribution in [1.82, 2.24) is 9.88 Å². The van der Waals surface area contributed by atoms with E-state index in [0.717, 1.165) is 41.5 Å². The van der Waals surface area contributed by atoms with Gasteiger partial charge < -0.3 is 4.90 Å². The molecule has 1 amide bonds. The van der Waals surface area contributed by atoms with Crippen LogP contribution in [0.2, 0.25) is 0 Å². The lowest BCUT2D eigenvalue weighted by atomic mass is 10.1. The van der Waals surface area contributed by atoms with Crippen LogP contribution in [0.25, 0.3) is 12.2 Å². The fourth-order valence-electron chi connectivity index (χ4n) is 3.18. The topological polar surface area (TPSA) is 48.8 Å². The van der Waals surface area contributed by atoms with Gasteiger partial charge in [0.2, 0.25) is 5.13 Å². The van der Waals surface area contributed by atoms with Crippen molar-refractivity contribution in [3.8, 4) is 0 Å². The number of hydrazone groups is 1. The molecule has 6 heteroatoms. The molecule has 1 aromatic rings. The molecule has 120 valence electrons. The maximum Gasteiger partial charge on any atom is 0.284 e. The van der Waals surface area contributed by atoms with Crippen LogP contribution in [0.1, 0.15) is 39.0 Å². The van der Waals surface area contributed by atoms with E-state index in [2.05, 4.69) is 27.1 Å². The largest absolute Gasteiger partial charge is 0.377 e. The summed E-state index contributed by atoms with van der Waals surface area (Å²) in [4.78, 5) is 19.6. The number of hydrogen-bond acceptors (Lipinski definition) is 5. The number of amides is 1. The van der Waals surface area contributed by atoms with Crippen LogP contribution in [0.4, 0.5) is 5.13 Å². The first-order valence-corrected chi connectivity index (χ1v) is 9.07. The number of nitrogens with zero attached hydrogens (tertiary/aromatic N) is 4. The summed E-state index contributed by atoms with van der Waals surface area (Å²) in [5.41, 5.74) is 1.48. The Morgan fingerprint density at radius 3 is 2.74 bits per heavy atom. The first-order valence-electron chi connectivity index (χ1n) is 8.25. The standard InChI is InChI=1S/C17H20N4OS/c1-12-13(11-20-9-5-2-6-10-20)16(22)21(19-12)17-18-14-7-3-4-8-15(14)23-17/h7-8,11H,2-6,9-10H2,1H3/b13-11+. The number of fused-ring (bicyclic) bond motifs is 1. The molecule has 0 saturated carbocycles. The predicted octanol–water partition coefficient (Wildman–Crippen LogP) is 1.59. The second-order valence-corrected chi connectivity index (χ2v) is 7.18. The zero-order valence-corrected chi connectivity index (χ0v) is 14.1. The van der Waals surface area contributed by atoms with E-state index in [1.54, 1.807) is 11.3 Å². The number of thiazole rings is 1. The van der Waals surface area contributed by atoms with E-state index < -0.39 is 0 Å². The van der Waals surface area contributed by atoms with Crippen LogP contribution in [0.15, 0.2) is 16.9 Å². The van der Waals surface area contributed by atoms with Gasteiger partial charge in [0.25, 0.3) is 5.91 Å². The lowest BCUT2D eigenvalue weighted by molar-refractivity contribution is -0.114. The van der Waals surface area contributed by atoms with Crippen molar-refractivity contribution >= 4 is 40.2 Å². The average molecular weight is 328 g/mol. The number of aromatic nitrogens is 1. The zero-order valence-electron chi connectivity index (χ0n) is 13.3. The Kier molecular flexibility index (Phi) is 3.77. The molecular formula is C17H20N4OS. The SMILES string of the molecule is CC1=NN(c2nc3c(s2)=CCCC=3)C(=O)/C1=C/N1CCCCC1. The number of anilines is 1. The summed E-state index contributed by atoms with van der Waals surface area (Å²) >= 11 is 1.55. The maximum absolute atomic E-state index is 12.8. The quantitative estimate of drug-likeness (QED) is 0.775. The van der Waals surface area contributed by atoms with Gasteiger partial charge in [-0.15, -0.1) is 0 Å². The van der Waals surface area contributed by atoms with E-state index in [0.29, 0.717) is 10.7 Å². The molecule has 0 atom stereocenters. The number of carbonyl (C=O) groups is 1. The molecule has 2 aliphatic heterocycles. The first kappa shape index (κ1) is 14.6. The van der Waals surface area contributed by atoms with Crippen molar-refractivity contribution in [3.63, 3.8) is 0 Å². The lowest BCUT2D eigenvalue weighted by Crippen LogP contribution is -2.28. The Morgan fingerprint density at radius 1 is 1.17 bits per heavy atom. The fraction of sp³-hybridized carbons (Fsp3) is 0.471. The van der Waals surface area contributed by atoms with E-state index in [-0.39, 0.29) is 5.91 Å². The van der Waals surface area contributed by atoms with Gasteiger partial charge in [-0.3, -0.25) is 4.79 Å². The van der Waals surface area contributed by atoms with Gasteiger partial charge in [-0.2, -0.15) is 10.1 Å². The summed E-state index contributed by atoms with van der Waals surface area (Å²) in [6.45, 7) is 3.96. The molecule has 3 aliphatic rings. The highest BCUT2D eigenvalue weighted by Gasteiger charge is 2.31. The van der Waals surface area contributed by atoms with Crippen LogP contribution in [0, 0.1) is 0 Å². The molecule has 1 fully saturated rings. The molecule has 1 aromatic heterocycles. The lowest BCUT2D eigenvalue weighted by Gasteiger charge is -2.25. The van der Waals surface area contributed by atoms with Crippen LogP contribution >= 0.6 is 11.3 Å². The Morgan fingerprint density at radius 2 is 1.96 bits per heavy atom. The minimum Gasteiger partial charge on any atom is -0.377 e. The summed E-state index contributed by atoms with van der Waals surface area (Å²) < 4.78 is 1.15. The molecular weight excluding hydrogens is 308 g/mol. The molecule has 1 aliphatic carbocycles. The van der Waals surface area contributed by atoms with Crippen LogP contribution < -0.4 is 14.9 Å². The zero-order chi connectivity index (χ0) is 15.8. The molecule has 0 bridgehead atoms. The van der Waals surface area contributed by atoms with Crippen LogP contribution in [0.5, 0.6) is 0 Å². The second-order valence-electron chi connectivity index (χ2n) is 6.17. The van der Waals surface area contributed by atoms with E-state index in [9.17, 15) is 4.79 Å². The smallest absolute Gasteiger partial charge is 0.284 e. The molecule has 0 spiro atoms. The molecule has 4 rings (SSSR count). The number of rotatable bonds is 2. The van der Waals surface area contributed by atoms with Gasteiger partial charge in [-0.1, -0.05) is 23.5 Å². The number of likely N-dealkylation sites (tertiary alicyclic amines) is 1. The molecule has 0 unspecified atom stereocenters. The third-order valence-electron chi connectivity index (χ3n) is 4.45. The first-order chi connectivity index (χ1) is 11.2. The van der Waals surface area contributed by atoms with Crippen molar-refractivity contribution in [2.24, 2.45) is 5.10 Å². The molecule has 0 N–H and O–H groups in total.